The van der Waals surface area contributed by atoms with Crippen LogP contribution < -0.4 is 5.32 Å². The van der Waals surface area contributed by atoms with E-state index in [1.165, 1.54) is 5.57 Å². The van der Waals surface area contributed by atoms with Gasteiger partial charge in [0.2, 0.25) is 5.91 Å². The lowest BCUT2D eigenvalue weighted by molar-refractivity contribution is -0.127. The number of amides is 1. The molecule has 0 aromatic rings. The summed E-state index contributed by atoms with van der Waals surface area (Å²) in [5, 5.41) is 3.61. The molecule has 0 aliphatic carbocycles. The molecule has 2 aliphatic rings. The third-order valence-corrected chi connectivity index (χ3v) is 4.30. The van der Waals surface area contributed by atoms with Gasteiger partial charge in [0, 0.05) is 0 Å². The number of halogens is 1. The van der Waals surface area contributed by atoms with Crippen LogP contribution in [0.4, 0.5) is 0 Å². The zero-order chi connectivity index (χ0) is 15.1. The van der Waals surface area contributed by atoms with Gasteiger partial charge >= 0.3 is 0 Å². The van der Waals surface area contributed by atoms with Crippen LogP contribution in [0.3, 0.4) is 0 Å². The molecule has 0 fully saturated rings. The minimum atomic E-state index is -0.372. The van der Waals surface area contributed by atoms with Crippen LogP contribution in [0.5, 0.6) is 0 Å². The minimum absolute atomic E-state index is 0.0497. The lowest BCUT2D eigenvalue weighted by atomic mass is 9.73. The van der Waals surface area contributed by atoms with Crippen molar-refractivity contribution in [3.05, 3.63) is 23.4 Å². The molecule has 0 aromatic heterocycles. The molecule has 2 unspecified atom stereocenters. The summed E-state index contributed by atoms with van der Waals surface area (Å²) in [5.74, 6) is 0.362. The van der Waals surface area contributed by atoms with Crippen molar-refractivity contribution >= 4 is 22.7 Å². The predicted octanol–water partition coefficient (Wildman–Crippen LogP) is 3.65. The Labute approximate surface area is 126 Å². The van der Waals surface area contributed by atoms with Gasteiger partial charge in [-0.15, -0.1) is 0 Å². The van der Waals surface area contributed by atoms with Gasteiger partial charge in [0.05, 0.1) is 17.2 Å². The maximum absolute atomic E-state index is 12.4. The Balaban J connectivity index is 2.69. The summed E-state index contributed by atoms with van der Waals surface area (Å²) in [6.07, 6.45) is 4.80. The van der Waals surface area contributed by atoms with E-state index in [-0.39, 0.29) is 23.3 Å². The first-order valence-corrected chi connectivity index (χ1v) is 7.59. The molecule has 1 amide bonds. The number of allylic oxidation sites excluding steroid dienone is 2. The molecule has 0 spiro atoms. The maximum atomic E-state index is 12.4. The second kappa shape index (κ2) is 5.36. The Bertz CT molecular complexity index is 515. The molecule has 3 nitrogen and oxygen atoms in total. The van der Waals surface area contributed by atoms with Crippen molar-refractivity contribution in [2.75, 3.05) is 0 Å². The first-order chi connectivity index (χ1) is 9.24. The lowest BCUT2D eigenvalue weighted by Crippen LogP contribution is -2.54. The Morgan fingerprint density at radius 2 is 2.10 bits per heavy atom. The molecular formula is C16H23ClN2O. The van der Waals surface area contributed by atoms with Gasteiger partial charge in [-0.1, -0.05) is 38.4 Å². The van der Waals surface area contributed by atoms with Crippen molar-refractivity contribution in [3.63, 3.8) is 0 Å². The highest BCUT2D eigenvalue weighted by atomic mass is 35.5. The number of hydrogen-bond donors (Lipinski definition) is 1. The molecule has 2 atom stereocenters. The summed E-state index contributed by atoms with van der Waals surface area (Å²) in [7, 11) is 0. The third-order valence-electron chi connectivity index (χ3n) is 4.09. The number of nitrogens with zero attached hydrogens (tertiary/aromatic N) is 1. The maximum Gasteiger partial charge on any atom is 0.230 e. The average Bonchev–Trinajstić information content (AvgIpc) is 2.23. The van der Waals surface area contributed by atoms with Crippen LogP contribution in [0.15, 0.2) is 28.4 Å². The first-order valence-electron chi connectivity index (χ1n) is 7.21. The molecule has 0 saturated carbocycles. The molecule has 2 rings (SSSR count). The van der Waals surface area contributed by atoms with E-state index in [4.69, 9.17) is 11.6 Å². The van der Waals surface area contributed by atoms with E-state index < -0.39 is 0 Å². The summed E-state index contributed by atoms with van der Waals surface area (Å²) in [6, 6.07) is 0. The lowest BCUT2D eigenvalue weighted by Gasteiger charge is -2.42. The zero-order valence-electron chi connectivity index (χ0n) is 12.8. The number of hydrogen-bond acceptors (Lipinski definition) is 2. The summed E-state index contributed by atoms with van der Waals surface area (Å²) in [5.41, 5.74) is 1.71. The van der Waals surface area contributed by atoms with Crippen molar-refractivity contribution < 1.29 is 4.79 Å². The van der Waals surface area contributed by atoms with Crippen LogP contribution in [-0.4, -0.2) is 16.6 Å². The van der Waals surface area contributed by atoms with E-state index in [2.05, 4.69) is 37.2 Å². The fraction of sp³-hybridized carbons (Fsp3) is 0.625. The predicted molar refractivity (Wildman–Crippen MR) is 83.8 cm³/mol. The first kappa shape index (κ1) is 15.3. The molecule has 4 heteroatoms. The monoisotopic (exact) mass is 294 g/mol. The van der Waals surface area contributed by atoms with Gasteiger partial charge < -0.3 is 5.32 Å². The highest BCUT2D eigenvalue weighted by Gasteiger charge is 2.43. The molecule has 0 radical (unpaired) electrons. The molecule has 0 bridgehead atoms. The van der Waals surface area contributed by atoms with Crippen LogP contribution in [-0.2, 0) is 4.79 Å². The van der Waals surface area contributed by atoms with Crippen LogP contribution in [0.25, 0.3) is 0 Å². The second-order valence-corrected chi connectivity index (χ2v) is 7.00. The van der Waals surface area contributed by atoms with E-state index in [0.717, 1.165) is 12.1 Å². The number of carbonyl (C=O) groups excluding carboxylic acids is 1. The number of aliphatic imine (C=N–C) groups is 1. The zero-order valence-corrected chi connectivity index (χ0v) is 13.6. The molecule has 0 saturated heterocycles. The Kier molecular flexibility index (Phi) is 4.10. The van der Waals surface area contributed by atoms with Crippen molar-refractivity contribution in [3.8, 4) is 0 Å². The Hall–Kier alpha value is -1.09. The highest BCUT2D eigenvalue weighted by molar-refractivity contribution is 6.68. The van der Waals surface area contributed by atoms with Gasteiger partial charge in [-0.05, 0) is 43.8 Å². The van der Waals surface area contributed by atoms with Crippen molar-refractivity contribution in [1.29, 1.82) is 0 Å². The molecule has 2 aliphatic heterocycles. The van der Waals surface area contributed by atoms with Gasteiger partial charge in [0.25, 0.3) is 0 Å². The van der Waals surface area contributed by atoms with Gasteiger partial charge in [-0.3, -0.25) is 4.79 Å². The molecular weight excluding hydrogens is 272 g/mol. The number of rotatable bonds is 1. The fourth-order valence-electron chi connectivity index (χ4n) is 3.32. The number of nitrogens with one attached hydrogen (secondary N) is 1. The quantitative estimate of drug-likeness (QED) is 0.788. The summed E-state index contributed by atoms with van der Waals surface area (Å²) in [6.45, 7) is 10.4. The molecule has 2 heterocycles. The van der Waals surface area contributed by atoms with Gasteiger partial charge in [-0.25, -0.2) is 4.99 Å². The highest BCUT2D eigenvalue weighted by Crippen LogP contribution is 2.40. The average molecular weight is 295 g/mol. The minimum Gasteiger partial charge on any atom is -0.347 e. The van der Waals surface area contributed by atoms with E-state index in [1.807, 2.05) is 19.9 Å². The topological polar surface area (TPSA) is 41.5 Å². The van der Waals surface area contributed by atoms with Gasteiger partial charge in [-0.2, -0.15) is 0 Å². The van der Waals surface area contributed by atoms with E-state index in [1.54, 1.807) is 0 Å². The molecule has 1 N–H and O–H groups in total. The molecule has 0 aromatic carbocycles. The van der Waals surface area contributed by atoms with Crippen molar-refractivity contribution in [2.24, 2.45) is 22.7 Å². The molecule has 110 valence electrons. The van der Waals surface area contributed by atoms with E-state index in [0.29, 0.717) is 11.1 Å². The van der Waals surface area contributed by atoms with Gasteiger partial charge in [0.1, 0.15) is 5.17 Å². The Morgan fingerprint density at radius 1 is 1.45 bits per heavy atom. The van der Waals surface area contributed by atoms with Crippen LogP contribution in [0, 0.1) is 17.8 Å². The van der Waals surface area contributed by atoms with E-state index in [9.17, 15) is 4.79 Å². The van der Waals surface area contributed by atoms with E-state index >= 15 is 0 Å². The third kappa shape index (κ3) is 2.69. The SMILES string of the molecule is CC1C/C=C\C(Cl)=N/C2=C1C(C)(C)NC(=O)C2C(C)C. The largest absolute Gasteiger partial charge is 0.347 e. The number of carbonyl (C=O) groups is 1. The van der Waals surface area contributed by atoms with Crippen LogP contribution in [0.2, 0.25) is 0 Å². The van der Waals surface area contributed by atoms with Crippen LogP contribution >= 0.6 is 11.6 Å². The van der Waals surface area contributed by atoms with Crippen molar-refractivity contribution in [1.82, 2.24) is 5.32 Å². The van der Waals surface area contributed by atoms with Crippen molar-refractivity contribution in [2.45, 2.75) is 46.6 Å². The summed E-state index contributed by atoms with van der Waals surface area (Å²) in [4.78, 5) is 17.0. The normalized spacial score (nSPS) is 33.8. The van der Waals surface area contributed by atoms with Crippen LogP contribution in [0.1, 0.15) is 41.0 Å². The summed E-state index contributed by atoms with van der Waals surface area (Å²) >= 11 is 6.17. The Morgan fingerprint density at radius 3 is 2.70 bits per heavy atom. The standard InChI is InChI=1S/C16H23ClN2O/c1-9(2)12-14-13(16(4,5)19-15(12)20)10(3)7-6-8-11(17)18-14/h6,8-10,12H,7H2,1-5H3,(H,19,20)/b8-6-,18-11+. The molecule has 20 heavy (non-hydrogen) atoms. The fourth-order valence-corrected chi connectivity index (χ4v) is 3.50. The second-order valence-electron chi connectivity index (χ2n) is 6.61. The summed E-state index contributed by atoms with van der Waals surface area (Å²) < 4.78 is 0. The smallest absolute Gasteiger partial charge is 0.230 e. The van der Waals surface area contributed by atoms with Gasteiger partial charge in [0.15, 0.2) is 0 Å².